The van der Waals surface area contributed by atoms with E-state index in [0.29, 0.717) is 6.42 Å². The van der Waals surface area contributed by atoms with E-state index in [0.717, 1.165) is 19.3 Å². The second-order valence-electron chi connectivity index (χ2n) is 7.71. The molecule has 7 nitrogen and oxygen atoms in total. The Labute approximate surface area is 177 Å². The number of carbonyl (C=O) groups is 1. The minimum Gasteiger partial charge on any atom is -0.463 e. The van der Waals surface area contributed by atoms with Crippen molar-refractivity contribution in [3.63, 3.8) is 0 Å². The molecule has 3 atom stereocenters. The quantitative estimate of drug-likeness (QED) is 0.106. The molecule has 172 valence electrons. The molecule has 3 unspecified atom stereocenters. The van der Waals surface area contributed by atoms with Gasteiger partial charge in [-0.3, -0.25) is 4.79 Å². The molecule has 0 spiro atoms. The lowest BCUT2D eigenvalue weighted by atomic mass is 10.0. The molecule has 0 aliphatic heterocycles. The Bertz CT molecular complexity index is 409. The highest BCUT2D eigenvalue weighted by Gasteiger charge is 2.23. The summed E-state index contributed by atoms with van der Waals surface area (Å²) in [4.78, 5) is 11.7. The fraction of sp³-hybridized carbons (Fsp3) is 0.952. The van der Waals surface area contributed by atoms with Crippen LogP contribution in [0.5, 0.6) is 0 Å². The Morgan fingerprint density at radius 2 is 1.34 bits per heavy atom. The molecule has 0 heterocycles. The van der Waals surface area contributed by atoms with Crippen LogP contribution in [0.3, 0.4) is 0 Å². The fourth-order valence-electron chi connectivity index (χ4n) is 2.97. The molecule has 4 N–H and O–H groups in total. The maximum atomic E-state index is 11.7. The molecule has 8 heteroatoms. The van der Waals surface area contributed by atoms with Gasteiger partial charge < -0.3 is 20.7 Å². The summed E-state index contributed by atoms with van der Waals surface area (Å²) in [6, 6.07) is 0. The van der Waals surface area contributed by atoms with Crippen LogP contribution in [-0.4, -0.2) is 47.9 Å². The molecule has 0 bridgehead atoms. The van der Waals surface area contributed by atoms with Crippen LogP contribution in [0.15, 0.2) is 0 Å². The van der Waals surface area contributed by atoms with E-state index in [1.54, 1.807) is 0 Å². The van der Waals surface area contributed by atoms with Crippen LogP contribution in [0.2, 0.25) is 0 Å². The second-order valence-corrected chi connectivity index (χ2v) is 9.00. The smallest absolute Gasteiger partial charge is 0.463 e. The lowest BCUT2D eigenvalue weighted by Gasteiger charge is -2.08. The molecular weight excluding hydrogens is 393 g/mol. The minimum atomic E-state index is -2.13. The van der Waals surface area contributed by atoms with Crippen LogP contribution in [0.25, 0.3) is 0 Å². The van der Waals surface area contributed by atoms with E-state index in [4.69, 9.17) is 20.1 Å². The molecule has 0 radical (unpaired) electrons. The zero-order valence-electron chi connectivity index (χ0n) is 18.2. The van der Waals surface area contributed by atoms with E-state index in [-0.39, 0.29) is 25.3 Å². The third-order valence-corrected chi connectivity index (χ3v) is 5.78. The standard InChI is InChI=1S/C21H43NO6P/c1-2-3-4-5-6-7-8-9-10-11-12-13-14-15-21(25)27-16-19(23)17-28-29(26)18-20(22)24/h19-20,23-24H,2-18,22H2,1H3/q+1. The van der Waals surface area contributed by atoms with E-state index < -0.39 is 20.4 Å². The number of ether oxygens (including phenoxy) is 1. The van der Waals surface area contributed by atoms with Gasteiger partial charge in [0.25, 0.3) is 0 Å². The number of carbonyl (C=O) groups excluding carboxylic acids is 1. The number of hydrogen-bond acceptors (Lipinski definition) is 7. The van der Waals surface area contributed by atoms with Gasteiger partial charge in [-0.05, 0) is 11.0 Å². The van der Waals surface area contributed by atoms with Crippen molar-refractivity contribution in [1.29, 1.82) is 0 Å². The van der Waals surface area contributed by atoms with Gasteiger partial charge in [0, 0.05) is 6.42 Å². The minimum absolute atomic E-state index is 0.189. The first-order valence-electron chi connectivity index (χ1n) is 11.3. The Morgan fingerprint density at radius 3 is 1.83 bits per heavy atom. The summed E-state index contributed by atoms with van der Waals surface area (Å²) < 4.78 is 21.2. The van der Waals surface area contributed by atoms with Crippen LogP contribution in [0.4, 0.5) is 0 Å². The van der Waals surface area contributed by atoms with E-state index in [2.05, 4.69) is 6.92 Å². The van der Waals surface area contributed by atoms with Gasteiger partial charge in [-0.2, -0.15) is 0 Å². The Morgan fingerprint density at radius 1 is 0.862 bits per heavy atom. The number of hydrogen-bond donors (Lipinski definition) is 3. The molecule has 0 aliphatic rings. The van der Waals surface area contributed by atoms with Gasteiger partial charge in [0.1, 0.15) is 25.5 Å². The van der Waals surface area contributed by atoms with Crippen molar-refractivity contribution in [3.05, 3.63) is 0 Å². The van der Waals surface area contributed by atoms with Crippen molar-refractivity contribution < 1.29 is 28.8 Å². The van der Waals surface area contributed by atoms with E-state index >= 15 is 0 Å². The van der Waals surface area contributed by atoms with Crippen molar-refractivity contribution in [2.45, 2.75) is 109 Å². The molecule has 0 saturated carbocycles. The van der Waals surface area contributed by atoms with Crippen LogP contribution in [-0.2, 0) is 18.6 Å². The number of esters is 1. The van der Waals surface area contributed by atoms with E-state index in [1.807, 2.05) is 0 Å². The summed E-state index contributed by atoms with van der Waals surface area (Å²) in [5.41, 5.74) is 5.08. The number of aliphatic hydroxyl groups excluding tert-OH is 2. The number of aliphatic hydroxyl groups is 2. The Kier molecular flexibility index (Phi) is 20.3. The van der Waals surface area contributed by atoms with E-state index in [9.17, 15) is 14.5 Å². The molecule has 0 rings (SSSR count). The third kappa shape index (κ3) is 21.9. The average Bonchev–Trinajstić information content (AvgIpc) is 2.67. The van der Waals surface area contributed by atoms with E-state index in [1.165, 1.54) is 64.2 Å². The predicted octanol–water partition coefficient (Wildman–Crippen LogP) is 4.41. The summed E-state index contributed by atoms with van der Waals surface area (Å²) in [5, 5.41) is 18.5. The maximum absolute atomic E-state index is 11.7. The van der Waals surface area contributed by atoms with Gasteiger partial charge in [0.2, 0.25) is 6.16 Å². The zero-order chi connectivity index (χ0) is 21.7. The van der Waals surface area contributed by atoms with Crippen LogP contribution < -0.4 is 5.73 Å². The molecule has 0 saturated heterocycles. The normalized spacial score (nSPS) is 13.9. The van der Waals surface area contributed by atoms with Crippen LogP contribution in [0.1, 0.15) is 96.8 Å². The number of rotatable bonds is 21. The summed E-state index contributed by atoms with van der Waals surface area (Å²) in [5.74, 6) is -0.339. The first kappa shape index (κ1) is 28.4. The van der Waals surface area contributed by atoms with Crippen LogP contribution in [0, 0.1) is 0 Å². The average molecular weight is 437 g/mol. The van der Waals surface area contributed by atoms with Crippen molar-refractivity contribution in [3.8, 4) is 0 Å². The topological polar surface area (TPSA) is 119 Å². The Hall–Kier alpha value is -0.590. The Balaban J connectivity index is 3.38. The fourth-order valence-corrected chi connectivity index (χ4v) is 3.72. The third-order valence-electron chi connectivity index (χ3n) is 4.67. The predicted molar refractivity (Wildman–Crippen MR) is 116 cm³/mol. The summed E-state index contributed by atoms with van der Waals surface area (Å²) in [6.07, 6.45) is 14.2. The highest BCUT2D eigenvalue weighted by Crippen LogP contribution is 2.22. The molecular formula is C21H43NO6P+. The second kappa shape index (κ2) is 20.7. The first-order chi connectivity index (χ1) is 14.0. The zero-order valence-corrected chi connectivity index (χ0v) is 19.1. The first-order valence-corrected chi connectivity index (χ1v) is 12.7. The highest BCUT2D eigenvalue weighted by atomic mass is 31.1. The molecule has 29 heavy (non-hydrogen) atoms. The summed E-state index contributed by atoms with van der Waals surface area (Å²) in [7, 11) is -2.13. The highest BCUT2D eigenvalue weighted by molar-refractivity contribution is 7.39. The van der Waals surface area contributed by atoms with Crippen molar-refractivity contribution >= 4 is 14.0 Å². The van der Waals surface area contributed by atoms with Gasteiger partial charge >= 0.3 is 14.0 Å². The molecule has 0 aromatic heterocycles. The maximum Gasteiger partial charge on any atom is 0.512 e. The SMILES string of the molecule is CCCCCCCCCCCCCCCC(=O)OCC(O)CO[P+](=O)CC(N)O. The van der Waals surface area contributed by atoms with Crippen molar-refractivity contribution in [2.75, 3.05) is 19.4 Å². The number of unbranched alkanes of at least 4 members (excludes halogenated alkanes) is 12. The lowest BCUT2D eigenvalue weighted by Crippen LogP contribution is -2.24. The van der Waals surface area contributed by atoms with Crippen LogP contribution >= 0.6 is 8.03 Å². The van der Waals surface area contributed by atoms with Gasteiger partial charge in [0.05, 0.1) is 0 Å². The largest absolute Gasteiger partial charge is 0.512 e. The molecule has 0 aromatic rings. The number of nitrogens with two attached hydrogens (primary N) is 1. The molecule has 0 aliphatic carbocycles. The summed E-state index contributed by atoms with van der Waals surface area (Å²) >= 11 is 0. The molecule has 0 aromatic carbocycles. The van der Waals surface area contributed by atoms with Crippen molar-refractivity contribution in [2.24, 2.45) is 5.73 Å². The molecule has 0 fully saturated rings. The summed E-state index contributed by atoms with van der Waals surface area (Å²) in [6.45, 7) is 1.83. The van der Waals surface area contributed by atoms with Gasteiger partial charge in [-0.1, -0.05) is 84.0 Å². The lowest BCUT2D eigenvalue weighted by molar-refractivity contribution is -0.147. The molecule has 0 amide bonds. The van der Waals surface area contributed by atoms with Gasteiger partial charge in [-0.25, -0.2) is 0 Å². The van der Waals surface area contributed by atoms with Crippen molar-refractivity contribution in [1.82, 2.24) is 0 Å². The van der Waals surface area contributed by atoms with Gasteiger partial charge in [-0.15, -0.1) is 4.52 Å². The monoisotopic (exact) mass is 436 g/mol. The van der Waals surface area contributed by atoms with Gasteiger partial charge in [0.15, 0.2) is 0 Å².